The third-order valence-electron chi connectivity index (χ3n) is 2.94. The van der Waals surface area contributed by atoms with Gasteiger partial charge in [-0.25, -0.2) is 4.79 Å². The van der Waals surface area contributed by atoms with Gasteiger partial charge in [-0.15, -0.1) is 0 Å². The summed E-state index contributed by atoms with van der Waals surface area (Å²) in [6, 6.07) is 3.50. The Balaban J connectivity index is 2.39. The Morgan fingerprint density at radius 1 is 1.67 bits per heavy atom. The molecule has 18 heavy (non-hydrogen) atoms. The summed E-state index contributed by atoms with van der Waals surface area (Å²) < 4.78 is 6.49. The number of aryl methyl sites for hydroxylation is 1. The molecular formula is C11H13N3O4. The van der Waals surface area contributed by atoms with E-state index in [-0.39, 0.29) is 0 Å². The van der Waals surface area contributed by atoms with E-state index in [0.29, 0.717) is 5.69 Å². The Bertz CT molecular complexity index is 536. The van der Waals surface area contributed by atoms with Crippen molar-refractivity contribution in [1.29, 1.82) is 5.26 Å². The highest BCUT2D eigenvalue weighted by atomic mass is 16.5. The number of aliphatic hydroxyl groups excluding tert-OH is 2. The zero-order chi connectivity index (χ0) is 13.3. The van der Waals surface area contributed by atoms with E-state index in [9.17, 15) is 9.90 Å². The van der Waals surface area contributed by atoms with Crippen molar-refractivity contribution in [1.82, 2.24) is 9.55 Å². The molecular weight excluding hydrogens is 238 g/mol. The van der Waals surface area contributed by atoms with Crippen LogP contribution in [0.3, 0.4) is 0 Å². The zero-order valence-electron chi connectivity index (χ0n) is 9.72. The molecule has 96 valence electrons. The maximum Gasteiger partial charge on any atom is 0.349 e. The number of ether oxygens (including phenoxy) is 1. The van der Waals surface area contributed by atoms with Gasteiger partial charge in [0.1, 0.15) is 18.1 Å². The van der Waals surface area contributed by atoms with Crippen LogP contribution >= 0.6 is 0 Å². The second-order valence-electron chi connectivity index (χ2n) is 4.15. The van der Waals surface area contributed by atoms with Gasteiger partial charge in [0, 0.05) is 11.9 Å². The molecule has 0 spiro atoms. The van der Waals surface area contributed by atoms with E-state index in [1.54, 1.807) is 13.0 Å². The second-order valence-corrected chi connectivity index (χ2v) is 4.15. The average molecular weight is 251 g/mol. The number of aliphatic hydroxyl groups is 2. The molecule has 7 nitrogen and oxygen atoms in total. The standard InChI is InChI=1S/C11H13N3O4/c1-6-2-3-14(11(17)13-6)10-7(4-12)9(16)8(5-15)18-10/h2-3,7-10,15-16H,5H2,1H3/t7-,8+,9-,10+/m0/s1. The van der Waals surface area contributed by atoms with E-state index < -0.39 is 36.7 Å². The van der Waals surface area contributed by atoms with Crippen LogP contribution in [-0.4, -0.2) is 38.6 Å². The fourth-order valence-electron chi connectivity index (χ4n) is 1.97. The van der Waals surface area contributed by atoms with Gasteiger partial charge in [-0.1, -0.05) is 0 Å². The zero-order valence-corrected chi connectivity index (χ0v) is 9.72. The first-order valence-corrected chi connectivity index (χ1v) is 5.48. The summed E-state index contributed by atoms with van der Waals surface area (Å²) in [6.07, 6.45) is -1.46. The van der Waals surface area contributed by atoms with Crippen LogP contribution in [0.5, 0.6) is 0 Å². The Morgan fingerprint density at radius 2 is 2.39 bits per heavy atom. The van der Waals surface area contributed by atoms with Gasteiger partial charge < -0.3 is 14.9 Å². The van der Waals surface area contributed by atoms with Gasteiger partial charge in [0.05, 0.1) is 12.7 Å². The molecule has 1 aromatic heterocycles. The Hall–Kier alpha value is -1.75. The van der Waals surface area contributed by atoms with Gasteiger partial charge in [-0.05, 0) is 13.0 Å². The third kappa shape index (κ3) is 2.01. The van der Waals surface area contributed by atoms with Crippen LogP contribution in [0.4, 0.5) is 0 Å². The van der Waals surface area contributed by atoms with Gasteiger partial charge in [-0.3, -0.25) is 4.57 Å². The minimum Gasteiger partial charge on any atom is -0.394 e. The highest BCUT2D eigenvalue weighted by Crippen LogP contribution is 2.33. The van der Waals surface area contributed by atoms with Crippen LogP contribution in [0, 0.1) is 24.2 Å². The van der Waals surface area contributed by atoms with Crippen LogP contribution < -0.4 is 5.69 Å². The molecule has 0 saturated carbocycles. The first-order valence-electron chi connectivity index (χ1n) is 5.48. The molecule has 0 unspecified atom stereocenters. The van der Waals surface area contributed by atoms with Gasteiger partial charge in [0.15, 0.2) is 6.23 Å². The van der Waals surface area contributed by atoms with E-state index in [1.165, 1.54) is 6.20 Å². The summed E-state index contributed by atoms with van der Waals surface area (Å²) in [6.45, 7) is 1.26. The molecule has 4 atom stereocenters. The van der Waals surface area contributed by atoms with Crippen molar-refractivity contribution >= 4 is 0 Å². The van der Waals surface area contributed by atoms with Crippen LogP contribution in [0.1, 0.15) is 11.9 Å². The number of nitrogens with zero attached hydrogens (tertiary/aromatic N) is 3. The van der Waals surface area contributed by atoms with Crippen molar-refractivity contribution < 1.29 is 14.9 Å². The molecule has 0 aliphatic carbocycles. The minimum atomic E-state index is -1.13. The predicted molar refractivity (Wildman–Crippen MR) is 59.3 cm³/mol. The van der Waals surface area contributed by atoms with E-state index in [0.717, 1.165) is 4.57 Å². The van der Waals surface area contributed by atoms with Crippen molar-refractivity contribution in [3.05, 3.63) is 28.4 Å². The average Bonchev–Trinajstić information content (AvgIpc) is 2.65. The van der Waals surface area contributed by atoms with E-state index in [2.05, 4.69) is 4.98 Å². The second kappa shape index (κ2) is 4.86. The molecule has 1 fully saturated rings. The molecule has 0 bridgehead atoms. The Labute approximate surface area is 103 Å². The lowest BCUT2D eigenvalue weighted by molar-refractivity contribution is -0.0470. The highest BCUT2D eigenvalue weighted by Gasteiger charge is 2.45. The molecule has 0 aromatic carbocycles. The van der Waals surface area contributed by atoms with Crippen molar-refractivity contribution in [2.75, 3.05) is 6.61 Å². The summed E-state index contributed by atoms with van der Waals surface area (Å²) in [5.74, 6) is -0.913. The summed E-state index contributed by atoms with van der Waals surface area (Å²) in [7, 11) is 0. The first kappa shape index (κ1) is 12.7. The first-order chi connectivity index (χ1) is 8.58. The van der Waals surface area contributed by atoms with Crippen molar-refractivity contribution in [2.24, 2.45) is 5.92 Å². The summed E-state index contributed by atoms with van der Waals surface area (Å²) in [4.78, 5) is 15.4. The Kier molecular flexibility index (Phi) is 3.43. The third-order valence-corrected chi connectivity index (χ3v) is 2.94. The van der Waals surface area contributed by atoms with Gasteiger partial charge >= 0.3 is 5.69 Å². The molecule has 1 aliphatic rings. The summed E-state index contributed by atoms with van der Waals surface area (Å²) in [5, 5.41) is 27.8. The summed E-state index contributed by atoms with van der Waals surface area (Å²) >= 11 is 0. The fraction of sp³-hybridized carbons (Fsp3) is 0.545. The van der Waals surface area contributed by atoms with Crippen molar-refractivity contribution in [3.63, 3.8) is 0 Å². The predicted octanol–water partition coefficient (Wildman–Crippen LogP) is -1.06. The minimum absolute atomic E-state index is 0.413. The maximum atomic E-state index is 11.7. The number of hydrogen-bond donors (Lipinski definition) is 2. The summed E-state index contributed by atoms with van der Waals surface area (Å²) in [5.41, 5.74) is 0.00745. The molecule has 0 amide bonds. The largest absolute Gasteiger partial charge is 0.394 e. The van der Waals surface area contributed by atoms with Crippen molar-refractivity contribution in [3.8, 4) is 6.07 Å². The van der Waals surface area contributed by atoms with Crippen LogP contribution in [0.15, 0.2) is 17.1 Å². The van der Waals surface area contributed by atoms with Gasteiger partial charge in [0.2, 0.25) is 0 Å². The fourth-order valence-corrected chi connectivity index (χ4v) is 1.97. The molecule has 2 rings (SSSR count). The van der Waals surface area contributed by atoms with Gasteiger partial charge in [0.25, 0.3) is 0 Å². The number of aromatic nitrogens is 2. The topological polar surface area (TPSA) is 108 Å². The Morgan fingerprint density at radius 3 is 2.94 bits per heavy atom. The van der Waals surface area contributed by atoms with Crippen molar-refractivity contribution in [2.45, 2.75) is 25.4 Å². The molecule has 1 aromatic rings. The smallest absolute Gasteiger partial charge is 0.349 e. The monoisotopic (exact) mass is 251 g/mol. The van der Waals surface area contributed by atoms with Crippen LogP contribution in [0.2, 0.25) is 0 Å². The SMILES string of the molecule is Cc1ccn([C@@H]2O[C@H](CO)[C@@H](O)[C@@H]2C#N)c(=O)n1. The lowest BCUT2D eigenvalue weighted by Crippen LogP contribution is -2.31. The molecule has 2 heterocycles. The quantitative estimate of drug-likeness (QED) is 0.693. The molecule has 2 N–H and O–H groups in total. The van der Waals surface area contributed by atoms with Gasteiger partial charge in [-0.2, -0.15) is 10.2 Å². The molecule has 1 saturated heterocycles. The number of hydrogen-bond acceptors (Lipinski definition) is 6. The van der Waals surface area contributed by atoms with E-state index >= 15 is 0 Å². The van der Waals surface area contributed by atoms with Crippen LogP contribution in [0.25, 0.3) is 0 Å². The number of nitriles is 1. The van der Waals surface area contributed by atoms with E-state index in [1.807, 2.05) is 6.07 Å². The highest BCUT2D eigenvalue weighted by molar-refractivity contribution is 5.03. The molecule has 7 heteroatoms. The lowest BCUT2D eigenvalue weighted by Gasteiger charge is -2.16. The lowest BCUT2D eigenvalue weighted by atomic mass is 10.0. The van der Waals surface area contributed by atoms with Crippen LogP contribution in [-0.2, 0) is 4.74 Å². The maximum absolute atomic E-state index is 11.7. The number of rotatable bonds is 2. The normalized spacial score (nSPS) is 31.2. The van der Waals surface area contributed by atoms with E-state index in [4.69, 9.17) is 15.1 Å². The molecule has 0 radical (unpaired) electrons. The molecule has 1 aliphatic heterocycles.